The van der Waals surface area contributed by atoms with Crippen molar-refractivity contribution in [3.8, 4) is 0 Å². The first-order chi connectivity index (χ1) is 9.72. The lowest BCUT2D eigenvalue weighted by Gasteiger charge is -2.35. The Bertz CT molecular complexity index is 549. The Morgan fingerprint density at radius 1 is 1.15 bits per heavy atom. The van der Waals surface area contributed by atoms with Crippen LogP contribution in [-0.4, -0.2) is 19.0 Å². The third kappa shape index (κ3) is 1.85. The molecule has 2 fully saturated rings. The molecule has 0 unspecified atom stereocenters. The van der Waals surface area contributed by atoms with E-state index in [9.17, 15) is 4.79 Å². The van der Waals surface area contributed by atoms with Gasteiger partial charge in [-0.15, -0.1) is 0 Å². The molecular weight excluding hydrogens is 248 g/mol. The number of hydrogen-bond donors (Lipinski definition) is 0. The molecule has 3 aliphatic rings. The first-order valence-electron chi connectivity index (χ1n) is 7.92. The SMILES string of the molecule is COC1CCC2(CC1)Cc1ccc(C3CC3)cc1C2=O. The van der Waals surface area contributed by atoms with E-state index in [0.717, 1.165) is 43.6 Å². The molecule has 20 heavy (non-hydrogen) atoms. The van der Waals surface area contributed by atoms with Crippen molar-refractivity contribution in [1.82, 2.24) is 0 Å². The van der Waals surface area contributed by atoms with Crippen LogP contribution in [0, 0.1) is 5.41 Å². The van der Waals surface area contributed by atoms with Crippen molar-refractivity contribution in [1.29, 1.82) is 0 Å². The number of ether oxygens (including phenoxy) is 1. The lowest BCUT2D eigenvalue weighted by Crippen LogP contribution is -2.35. The van der Waals surface area contributed by atoms with E-state index in [2.05, 4.69) is 18.2 Å². The minimum absolute atomic E-state index is 0.0977. The number of fused-ring (bicyclic) bond motifs is 1. The van der Waals surface area contributed by atoms with Crippen LogP contribution in [-0.2, 0) is 11.2 Å². The van der Waals surface area contributed by atoms with Crippen molar-refractivity contribution in [3.63, 3.8) is 0 Å². The third-order valence-corrected chi connectivity index (χ3v) is 5.66. The molecule has 0 aliphatic heterocycles. The number of hydrogen-bond acceptors (Lipinski definition) is 2. The second kappa shape index (κ2) is 4.42. The molecule has 1 aromatic rings. The van der Waals surface area contributed by atoms with Crippen LogP contribution in [0.15, 0.2) is 18.2 Å². The summed E-state index contributed by atoms with van der Waals surface area (Å²) in [5.41, 5.74) is 3.61. The van der Waals surface area contributed by atoms with E-state index in [4.69, 9.17) is 4.74 Å². The van der Waals surface area contributed by atoms with Gasteiger partial charge in [-0.1, -0.05) is 12.1 Å². The van der Waals surface area contributed by atoms with E-state index in [1.807, 2.05) is 0 Å². The summed E-state index contributed by atoms with van der Waals surface area (Å²) in [5, 5.41) is 0. The molecule has 0 bridgehead atoms. The van der Waals surface area contributed by atoms with Gasteiger partial charge in [-0.2, -0.15) is 0 Å². The predicted octanol–water partition coefficient (Wildman–Crippen LogP) is 3.88. The Kier molecular flexibility index (Phi) is 2.78. The number of carbonyl (C=O) groups excluding carboxylic acids is 1. The summed E-state index contributed by atoms with van der Waals surface area (Å²) in [5.74, 6) is 1.15. The lowest BCUT2D eigenvalue weighted by atomic mass is 9.70. The van der Waals surface area contributed by atoms with Crippen LogP contribution in [0.1, 0.15) is 65.9 Å². The van der Waals surface area contributed by atoms with E-state index >= 15 is 0 Å². The summed E-state index contributed by atoms with van der Waals surface area (Å²) in [6.45, 7) is 0. The number of benzene rings is 1. The molecule has 4 rings (SSSR count). The Hall–Kier alpha value is -1.15. The van der Waals surface area contributed by atoms with Gasteiger partial charge in [0.25, 0.3) is 0 Å². The van der Waals surface area contributed by atoms with Crippen molar-refractivity contribution in [2.75, 3.05) is 7.11 Å². The van der Waals surface area contributed by atoms with Gasteiger partial charge in [0.15, 0.2) is 5.78 Å². The lowest BCUT2D eigenvalue weighted by molar-refractivity contribution is 0.0285. The summed E-state index contributed by atoms with van der Waals surface area (Å²) in [7, 11) is 1.79. The van der Waals surface area contributed by atoms with E-state index < -0.39 is 0 Å². The average molecular weight is 270 g/mol. The molecule has 1 aromatic carbocycles. The zero-order valence-electron chi connectivity index (χ0n) is 12.2. The van der Waals surface area contributed by atoms with Gasteiger partial charge in [-0.25, -0.2) is 0 Å². The molecule has 0 atom stereocenters. The first kappa shape index (κ1) is 12.6. The zero-order chi connectivity index (χ0) is 13.7. The highest BCUT2D eigenvalue weighted by molar-refractivity contribution is 6.05. The van der Waals surface area contributed by atoms with Crippen molar-refractivity contribution in [3.05, 3.63) is 34.9 Å². The summed E-state index contributed by atoms with van der Waals surface area (Å²) in [6.07, 6.45) is 7.98. The van der Waals surface area contributed by atoms with E-state index in [1.165, 1.54) is 24.0 Å². The molecule has 1 spiro atoms. The average Bonchev–Trinajstić information content (AvgIpc) is 3.29. The van der Waals surface area contributed by atoms with E-state index in [-0.39, 0.29) is 5.41 Å². The Morgan fingerprint density at radius 3 is 2.55 bits per heavy atom. The molecule has 3 aliphatic carbocycles. The molecule has 106 valence electrons. The number of carbonyl (C=O) groups is 1. The standard InChI is InChI=1S/C18H22O2/c1-20-15-6-8-18(9-7-15)11-14-5-4-13(12-2-3-12)10-16(14)17(18)19/h4-5,10,12,15H,2-3,6-9,11H2,1H3. The van der Waals surface area contributed by atoms with E-state index in [1.54, 1.807) is 7.11 Å². The van der Waals surface area contributed by atoms with Crippen LogP contribution >= 0.6 is 0 Å². The summed E-state index contributed by atoms with van der Waals surface area (Å²) < 4.78 is 5.45. The van der Waals surface area contributed by atoms with E-state index in [0.29, 0.717) is 11.9 Å². The minimum Gasteiger partial charge on any atom is -0.381 e. The largest absolute Gasteiger partial charge is 0.381 e. The van der Waals surface area contributed by atoms with Crippen molar-refractivity contribution in [2.45, 2.75) is 57.0 Å². The molecule has 0 aromatic heterocycles. The van der Waals surface area contributed by atoms with Crippen molar-refractivity contribution >= 4 is 5.78 Å². The Morgan fingerprint density at radius 2 is 1.90 bits per heavy atom. The number of ketones is 1. The highest BCUT2D eigenvalue weighted by Crippen LogP contribution is 2.49. The molecule has 0 N–H and O–H groups in total. The minimum atomic E-state index is -0.0977. The van der Waals surface area contributed by atoms with Crippen LogP contribution in [0.3, 0.4) is 0 Å². The number of rotatable bonds is 2. The molecule has 0 heterocycles. The van der Waals surface area contributed by atoms with Crippen molar-refractivity contribution in [2.24, 2.45) is 5.41 Å². The monoisotopic (exact) mass is 270 g/mol. The molecule has 0 radical (unpaired) electrons. The van der Waals surface area contributed by atoms with Crippen LogP contribution in [0.4, 0.5) is 0 Å². The molecule has 2 nitrogen and oxygen atoms in total. The van der Waals surface area contributed by atoms with Gasteiger partial charge in [0.05, 0.1) is 6.10 Å². The maximum atomic E-state index is 12.9. The summed E-state index contributed by atoms with van der Waals surface area (Å²) >= 11 is 0. The Labute approximate surface area is 120 Å². The second-order valence-electron chi connectivity index (χ2n) is 6.91. The third-order valence-electron chi connectivity index (χ3n) is 5.66. The van der Waals surface area contributed by atoms with Gasteiger partial charge in [0.2, 0.25) is 0 Å². The van der Waals surface area contributed by atoms with Crippen LogP contribution in [0.5, 0.6) is 0 Å². The van der Waals surface area contributed by atoms with Gasteiger partial charge in [-0.3, -0.25) is 4.79 Å². The molecule has 2 saturated carbocycles. The number of Topliss-reactive ketones (excluding diaryl/α,β-unsaturated/α-hetero) is 1. The first-order valence-corrected chi connectivity index (χ1v) is 7.92. The zero-order valence-corrected chi connectivity index (χ0v) is 12.2. The maximum Gasteiger partial charge on any atom is 0.169 e. The van der Waals surface area contributed by atoms with Crippen LogP contribution in [0.2, 0.25) is 0 Å². The maximum absolute atomic E-state index is 12.9. The highest BCUT2D eigenvalue weighted by atomic mass is 16.5. The molecular formula is C18H22O2. The fourth-order valence-corrected chi connectivity index (χ4v) is 4.14. The topological polar surface area (TPSA) is 26.3 Å². The van der Waals surface area contributed by atoms with Gasteiger partial charge >= 0.3 is 0 Å². The molecule has 0 amide bonds. The second-order valence-corrected chi connectivity index (χ2v) is 6.91. The van der Waals surface area contributed by atoms with Gasteiger partial charge in [0.1, 0.15) is 0 Å². The van der Waals surface area contributed by atoms with Crippen LogP contribution < -0.4 is 0 Å². The van der Waals surface area contributed by atoms with Gasteiger partial charge in [0, 0.05) is 18.1 Å². The van der Waals surface area contributed by atoms with Gasteiger partial charge in [-0.05, 0) is 68.1 Å². The summed E-state index contributed by atoms with van der Waals surface area (Å²) in [4.78, 5) is 12.9. The number of methoxy groups -OCH3 is 1. The van der Waals surface area contributed by atoms with Crippen molar-refractivity contribution < 1.29 is 9.53 Å². The normalized spacial score (nSPS) is 32.6. The smallest absolute Gasteiger partial charge is 0.169 e. The Balaban J connectivity index is 1.62. The van der Waals surface area contributed by atoms with Crippen LogP contribution in [0.25, 0.3) is 0 Å². The molecule has 0 saturated heterocycles. The summed E-state index contributed by atoms with van der Waals surface area (Å²) in [6, 6.07) is 6.67. The predicted molar refractivity (Wildman–Crippen MR) is 78.1 cm³/mol. The fraction of sp³-hybridized carbons (Fsp3) is 0.611. The highest BCUT2D eigenvalue weighted by Gasteiger charge is 2.47. The van der Waals surface area contributed by atoms with Gasteiger partial charge < -0.3 is 4.74 Å². The quantitative estimate of drug-likeness (QED) is 0.815. The fourth-order valence-electron chi connectivity index (χ4n) is 4.14. The molecule has 2 heteroatoms.